The van der Waals surface area contributed by atoms with Gasteiger partial charge in [0, 0.05) is 31.3 Å². The van der Waals surface area contributed by atoms with Gasteiger partial charge in [0.2, 0.25) is 5.91 Å². The minimum Gasteiger partial charge on any atom is -0.384 e. The van der Waals surface area contributed by atoms with Crippen LogP contribution in [0.3, 0.4) is 0 Å². The summed E-state index contributed by atoms with van der Waals surface area (Å²) in [6.07, 6.45) is 5.27. The summed E-state index contributed by atoms with van der Waals surface area (Å²) in [7, 11) is 1.79. The number of carbonyl (C=O) groups excluding carboxylic acids is 1. The molecule has 3 fully saturated rings. The van der Waals surface area contributed by atoms with E-state index in [0.717, 1.165) is 57.5 Å². The van der Waals surface area contributed by atoms with Gasteiger partial charge in [0.05, 0.1) is 6.61 Å². The zero-order valence-electron chi connectivity index (χ0n) is 16.4. The topological polar surface area (TPSA) is 41.6 Å². The molecule has 0 radical (unpaired) electrons. The molecule has 2 saturated carbocycles. The summed E-state index contributed by atoms with van der Waals surface area (Å²) in [4.78, 5) is 15.8. The van der Waals surface area contributed by atoms with E-state index in [1.807, 2.05) is 18.2 Å². The smallest absolute Gasteiger partial charge is 0.248 e. The molecule has 1 heterocycles. The van der Waals surface area contributed by atoms with Crippen LogP contribution in [0, 0.1) is 16.7 Å². The molecular weight excluding hydrogens is 324 g/mol. The summed E-state index contributed by atoms with van der Waals surface area (Å²) in [6.45, 7) is 7.18. The van der Waals surface area contributed by atoms with Crippen LogP contribution in [0.15, 0.2) is 30.3 Å². The molecule has 0 spiro atoms. The van der Waals surface area contributed by atoms with Crippen molar-refractivity contribution in [3.63, 3.8) is 0 Å². The first-order valence-corrected chi connectivity index (χ1v) is 10.0. The van der Waals surface area contributed by atoms with E-state index in [0.29, 0.717) is 17.2 Å². The third-order valence-electron chi connectivity index (χ3n) is 7.14. The number of hydrogen-bond donors (Lipinski definition) is 1. The van der Waals surface area contributed by atoms with Crippen LogP contribution in [0.5, 0.6) is 0 Å². The molecule has 1 aliphatic heterocycles. The van der Waals surface area contributed by atoms with Crippen molar-refractivity contribution >= 4 is 11.6 Å². The summed E-state index contributed by atoms with van der Waals surface area (Å²) in [6, 6.07) is 10.2. The van der Waals surface area contributed by atoms with E-state index in [1.165, 1.54) is 0 Å². The predicted octanol–water partition coefficient (Wildman–Crippen LogP) is 3.93. The molecule has 0 aromatic heterocycles. The molecule has 1 aromatic carbocycles. The molecule has 4 nitrogen and oxygen atoms in total. The molecule has 1 saturated heterocycles. The molecule has 0 unspecified atom stereocenters. The highest BCUT2D eigenvalue weighted by atomic mass is 16.5. The van der Waals surface area contributed by atoms with E-state index in [2.05, 4.69) is 36.2 Å². The van der Waals surface area contributed by atoms with Gasteiger partial charge < -0.3 is 15.0 Å². The molecule has 3 aliphatic rings. The number of nitrogens with zero attached hydrogens (tertiary/aromatic N) is 1. The number of ether oxygens (including phenoxy) is 1. The summed E-state index contributed by atoms with van der Waals surface area (Å²) in [5, 5.41) is 3.62. The summed E-state index contributed by atoms with van der Waals surface area (Å²) < 4.78 is 5.56. The number of benzene rings is 1. The zero-order valence-corrected chi connectivity index (χ0v) is 16.4. The van der Waals surface area contributed by atoms with Crippen LogP contribution in [0.25, 0.3) is 0 Å². The monoisotopic (exact) mass is 356 g/mol. The Labute approximate surface area is 157 Å². The molecule has 2 atom stereocenters. The fourth-order valence-electron chi connectivity index (χ4n) is 6.23. The van der Waals surface area contributed by atoms with Crippen LogP contribution in [-0.2, 0) is 9.53 Å². The molecule has 1 aromatic rings. The van der Waals surface area contributed by atoms with E-state index in [9.17, 15) is 4.79 Å². The summed E-state index contributed by atoms with van der Waals surface area (Å²) in [5.41, 5.74) is 1.10. The lowest BCUT2D eigenvalue weighted by Gasteiger charge is -2.56. The molecule has 142 valence electrons. The second-order valence-electron chi connectivity index (χ2n) is 9.48. The second kappa shape index (κ2) is 6.26. The van der Waals surface area contributed by atoms with E-state index >= 15 is 0 Å². The van der Waals surface area contributed by atoms with Crippen molar-refractivity contribution in [2.75, 3.05) is 32.1 Å². The number of para-hydroxylation sites is 1. The SMILES string of the molecule is COC[C@@]12CN(C(=O)C3(Nc4ccccc4)CCCC3)C[C@@H]1C(C)(C)C2. The summed E-state index contributed by atoms with van der Waals surface area (Å²) in [5.74, 6) is 0.855. The van der Waals surface area contributed by atoms with E-state index in [4.69, 9.17) is 4.74 Å². The van der Waals surface area contributed by atoms with Crippen LogP contribution in [0.1, 0.15) is 46.0 Å². The van der Waals surface area contributed by atoms with Gasteiger partial charge in [0.25, 0.3) is 0 Å². The van der Waals surface area contributed by atoms with Gasteiger partial charge in [-0.05, 0) is 42.7 Å². The molecule has 1 N–H and O–H groups in total. The van der Waals surface area contributed by atoms with Gasteiger partial charge in [-0.25, -0.2) is 0 Å². The van der Waals surface area contributed by atoms with Crippen molar-refractivity contribution in [1.82, 2.24) is 4.90 Å². The third-order valence-corrected chi connectivity index (χ3v) is 7.14. The van der Waals surface area contributed by atoms with Crippen LogP contribution >= 0.6 is 0 Å². The van der Waals surface area contributed by atoms with Gasteiger partial charge >= 0.3 is 0 Å². The van der Waals surface area contributed by atoms with Gasteiger partial charge in [-0.3, -0.25) is 4.79 Å². The van der Waals surface area contributed by atoms with E-state index in [1.54, 1.807) is 7.11 Å². The van der Waals surface area contributed by atoms with Gasteiger partial charge in [0.1, 0.15) is 5.54 Å². The van der Waals surface area contributed by atoms with Crippen LogP contribution in [0.2, 0.25) is 0 Å². The quantitative estimate of drug-likeness (QED) is 0.869. The number of carbonyl (C=O) groups is 1. The Morgan fingerprint density at radius 1 is 1.23 bits per heavy atom. The Kier molecular flexibility index (Phi) is 4.30. The number of methoxy groups -OCH3 is 1. The number of anilines is 1. The molecule has 2 aliphatic carbocycles. The first-order valence-electron chi connectivity index (χ1n) is 10.0. The Bertz CT molecular complexity index is 666. The highest BCUT2D eigenvalue weighted by molar-refractivity contribution is 5.90. The lowest BCUT2D eigenvalue weighted by molar-refractivity contribution is -0.135. The molecule has 0 bridgehead atoms. The van der Waals surface area contributed by atoms with Gasteiger partial charge in [-0.15, -0.1) is 0 Å². The maximum absolute atomic E-state index is 13.7. The number of amides is 1. The number of hydrogen-bond acceptors (Lipinski definition) is 3. The summed E-state index contributed by atoms with van der Waals surface area (Å²) >= 11 is 0. The van der Waals surface area contributed by atoms with Gasteiger partial charge in [-0.2, -0.15) is 0 Å². The van der Waals surface area contributed by atoms with Crippen molar-refractivity contribution in [1.29, 1.82) is 0 Å². The fourth-order valence-corrected chi connectivity index (χ4v) is 6.23. The number of rotatable bonds is 5. The minimum absolute atomic E-state index is 0.167. The van der Waals surface area contributed by atoms with Crippen molar-refractivity contribution in [3.05, 3.63) is 30.3 Å². The standard InChI is InChI=1S/C22H32N2O2/c1-20(2)14-21(16-26-3)15-24(13-18(20)21)19(25)22(11-7-8-12-22)23-17-9-5-4-6-10-17/h4-6,9-10,18,23H,7-8,11-16H2,1-3H3/t18-,21-/m1/s1. The average Bonchev–Trinajstić information content (AvgIpc) is 3.19. The molecule has 4 heteroatoms. The lowest BCUT2D eigenvalue weighted by Crippen LogP contribution is -2.55. The maximum atomic E-state index is 13.7. The largest absolute Gasteiger partial charge is 0.384 e. The molecule has 4 rings (SSSR count). The number of fused-ring (bicyclic) bond motifs is 1. The van der Waals surface area contributed by atoms with Crippen LogP contribution in [-0.4, -0.2) is 43.2 Å². The van der Waals surface area contributed by atoms with Crippen molar-refractivity contribution in [2.45, 2.75) is 51.5 Å². The Balaban J connectivity index is 1.56. The van der Waals surface area contributed by atoms with Crippen molar-refractivity contribution in [2.24, 2.45) is 16.7 Å². The molecule has 26 heavy (non-hydrogen) atoms. The highest BCUT2D eigenvalue weighted by Gasteiger charge is 2.64. The minimum atomic E-state index is -0.427. The van der Waals surface area contributed by atoms with Gasteiger partial charge in [0.15, 0.2) is 0 Å². The zero-order chi connectivity index (χ0) is 18.4. The third kappa shape index (κ3) is 2.74. The van der Waals surface area contributed by atoms with Crippen LogP contribution in [0.4, 0.5) is 5.69 Å². The average molecular weight is 357 g/mol. The van der Waals surface area contributed by atoms with Crippen LogP contribution < -0.4 is 5.32 Å². The fraction of sp³-hybridized carbons (Fsp3) is 0.682. The second-order valence-corrected chi connectivity index (χ2v) is 9.48. The van der Waals surface area contributed by atoms with E-state index in [-0.39, 0.29) is 5.41 Å². The first kappa shape index (κ1) is 17.8. The normalized spacial score (nSPS) is 31.3. The Morgan fingerprint density at radius 2 is 1.92 bits per heavy atom. The van der Waals surface area contributed by atoms with E-state index < -0.39 is 5.54 Å². The molecule has 1 amide bonds. The Hall–Kier alpha value is -1.55. The lowest BCUT2D eigenvalue weighted by atomic mass is 9.48. The first-order chi connectivity index (χ1) is 12.4. The highest BCUT2D eigenvalue weighted by Crippen LogP contribution is 2.63. The van der Waals surface area contributed by atoms with Gasteiger partial charge in [-0.1, -0.05) is 44.9 Å². The molecular formula is C22H32N2O2. The Morgan fingerprint density at radius 3 is 2.54 bits per heavy atom. The van der Waals surface area contributed by atoms with Crippen molar-refractivity contribution in [3.8, 4) is 0 Å². The maximum Gasteiger partial charge on any atom is 0.248 e. The van der Waals surface area contributed by atoms with Crippen molar-refractivity contribution < 1.29 is 9.53 Å². The number of nitrogens with one attached hydrogen (secondary N) is 1. The predicted molar refractivity (Wildman–Crippen MR) is 104 cm³/mol. The number of likely N-dealkylation sites (tertiary alicyclic amines) is 1.